The second-order valence-corrected chi connectivity index (χ2v) is 9.60. The first-order chi connectivity index (χ1) is 11.4. The topological polar surface area (TPSA) is 32.3 Å². The van der Waals surface area contributed by atoms with E-state index >= 15 is 0 Å². The largest absolute Gasteiger partial charge is 0.390 e. The predicted molar refractivity (Wildman–Crippen MR) is 99.3 cm³/mol. The maximum Gasteiger partial charge on any atom is 0.0659 e. The van der Waals surface area contributed by atoms with Crippen molar-refractivity contribution in [2.75, 3.05) is 0 Å². The fourth-order valence-corrected chi connectivity index (χ4v) is 6.55. The van der Waals surface area contributed by atoms with Gasteiger partial charge in [0.25, 0.3) is 0 Å². The quantitative estimate of drug-likeness (QED) is 0.817. The van der Waals surface area contributed by atoms with Gasteiger partial charge in [0.2, 0.25) is 0 Å². The molecule has 24 heavy (non-hydrogen) atoms. The number of aliphatic hydroxyl groups is 1. The lowest BCUT2D eigenvalue weighted by Crippen LogP contribution is -2.62. The fraction of sp³-hybridized carbons (Fsp3) is 0.714. The molecule has 1 aromatic carbocycles. The van der Waals surface area contributed by atoms with Crippen LogP contribution in [0.2, 0.25) is 5.02 Å². The van der Waals surface area contributed by atoms with Crippen LogP contribution in [0.4, 0.5) is 0 Å². The van der Waals surface area contributed by atoms with Crippen molar-refractivity contribution < 1.29 is 5.11 Å². The van der Waals surface area contributed by atoms with Crippen LogP contribution < -0.4 is 5.32 Å². The zero-order chi connectivity index (χ0) is 16.9. The van der Waals surface area contributed by atoms with Gasteiger partial charge in [-0.05, 0) is 93.7 Å². The smallest absolute Gasteiger partial charge is 0.0659 e. The van der Waals surface area contributed by atoms with Crippen molar-refractivity contribution in [3.05, 3.63) is 34.9 Å². The summed E-state index contributed by atoms with van der Waals surface area (Å²) in [4.78, 5) is 0. The van der Waals surface area contributed by atoms with Crippen LogP contribution in [0.3, 0.4) is 0 Å². The Morgan fingerprint density at radius 3 is 2.33 bits per heavy atom. The highest BCUT2D eigenvalue weighted by Crippen LogP contribution is 2.62. The molecule has 0 heterocycles. The second-order valence-electron chi connectivity index (χ2n) is 9.17. The normalized spacial score (nSPS) is 39.8. The highest BCUT2D eigenvalue weighted by atomic mass is 35.5. The van der Waals surface area contributed by atoms with Crippen LogP contribution in [0.1, 0.15) is 57.9 Å². The molecule has 0 radical (unpaired) electrons. The van der Waals surface area contributed by atoms with E-state index in [0.29, 0.717) is 17.5 Å². The molecular weight excluding hydrogens is 318 g/mol. The van der Waals surface area contributed by atoms with Crippen molar-refractivity contribution in [3.8, 4) is 0 Å². The van der Waals surface area contributed by atoms with E-state index in [1.54, 1.807) is 0 Å². The van der Waals surface area contributed by atoms with E-state index in [1.807, 2.05) is 12.1 Å². The molecule has 4 atom stereocenters. The van der Waals surface area contributed by atoms with Gasteiger partial charge in [-0.25, -0.2) is 0 Å². The number of rotatable bonds is 5. The Morgan fingerprint density at radius 1 is 1.12 bits per heavy atom. The highest BCUT2D eigenvalue weighted by Gasteiger charge is 2.58. The Kier molecular flexibility index (Phi) is 4.22. The molecule has 0 amide bonds. The predicted octanol–water partition coefficient (Wildman–Crippen LogP) is 4.58. The fourth-order valence-electron chi connectivity index (χ4n) is 6.43. The summed E-state index contributed by atoms with van der Waals surface area (Å²) in [6, 6.07) is 9.10. The number of benzene rings is 1. The van der Waals surface area contributed by atoms with Crippen LogP contribution in [-0.4, -0.2) is 22.8 Å². The lowest BCUT2D eigenvalue weighted by molar-refractivity contribution is -0.172. The number of nitrogens with one attached hydrogen (secondary N) is 1. The van der Waals surface area contributed by atoms with Crippen molar-refractivity contribution in [2.24, 2.45) is 17.3 Å². The second kappa shape index (κ2) is 6.00. The van der Waals surface area contributed by atoms with E-state index in [4.69, 9.17) is 11.6 Å². The number of halogens is 1. The summed E-state index contributed by atoms with van der Waals surface area (Å²) < 4.78 is 0. The summed E-state index contributed by atoms with van der Waals surface area (Å²) in [5.74, 6) is 1.51. The minimum Gasteiger partial charge on any atom is -0.390 e. The first-order valence-electron chi connectivity index (χ1n) is 9.59. The summed E-state index contributed by atoms with van der Waals surface area (Å²) in [7, 11) is 0. The SMILES string of the molecule is C[C@H](Cc1ccc(Cl)cc1)N[C@@H](C)C12C[C@H]3C[C@@H](CC(O)(C3)C1)C2. The van der Waals surface area contributed by atoms with Crippen molar-refractivity contribution in [1.82, 2.24) is 5.32 Å². The Balaban J connectivity index is 1.42. The van der Waals surface area contributed by atoms with Crippen LogP contribution >= 0.6 is 11.6 Å². The summed E-state index contributed by atoms with van der Waals surface area (Å²) in [5, 5.41) is 15.6. The molecule has 0 aliphatic heterocycles. The Morgan fingerprint density at radius 2 is 1.75 bits per heavy atom. The van der Waals surface area contributed by atoms with Crippen LogP contribution in [0.5, 0.6) is 0 Å². The monoisotopic (exact) mass is 347 g/mol. The third-order valence-electron chi connectivity index (χ3n) is 6.98. The minimum absolute atomic E-state index is 0.313. The van der Waals surface area contributed by atoms with Gasteiger partial charge >= 0.3 is 0 Å². The Bertz CT molecular complexity index is 584. The standard InChI is InChI=1S/C21H30ClNO/c1-14(7-16-3-5-19(22)6-4-16)23-15(2)20-9-17-8-18(10-20)12-21(24,11-17)13-20/h3-6,14-15,17-18,23-24H,7-13H2,1-2H3/t14-,15+,17-,18-,20?,21?/m1/s1. The van der Waals surface area contributed by atoms with Crippen LogP contribution in [0, 0.1) is 17.3 Å². The highest BCUT2D eigenvalue weighted by molar-refractivity contribution is 6.30. The number of hydrogen-bond donors (Lipinski definition) is 2. The summed E-state index contributed by atoms with van der Waals surface area (Å²) >= 11 is 5.98. The van der Waals surface area contributed by atoms with Gasteiger partial charge in [-0.2, -0.15) is 0 Å². The molecule has 4 aliphatic rings. The van der Waals surface area contributed by atoms with Gasteiger partial charge < -0.3 is 10.4 Å². The van der Waals surface area contributed by atoms with Gasteiger partial charge in [-0.15, -0.1) is 0 Å². The molecule has 1 aromatic rings. The minimum atomic E-state index is -0.362. The molecule has 4 saturated carbocycles. The zero-order valence-corrected chi connectivity index (χ0v) is 15.6. The molecule has 2 N–H and O–H groups in total. The molecule has 3 heteroatoms. The molecule has 0 aromatic heterocycles. The first kappa shape index (κ1) is 16.9. The van der Waals surface area contributed by atoms with Gasteiger partial charge in [0.05, 0.1) is 5.60 Å². The lowest BCUT2D eigenvalue weighted by atomic mass is 9.46. The maximum atomic E-state index is 11.0. The van der Waals surface area contributed by atoms with Crippen LogP contribution in [0.15, 0.2) is 24.3 Å². The van der Waals surface area contributed by atoms with Gasteiger partial charge in [0, 0.05) is 17.1 Å². The zero-order valence-electron chi connectivity index (χ0n) is 14.9. The third kappa shape index (κ3) is 3.13. The van der Waals surface area contributed by atoms with Crippen molar-refractivity contribution in [2.45, 2.75) is 76.5 Å². The van der Waals surface area contributed by atoms with Gasteiger partial charge in [0.15, 0.2) is 0 Å². The lowest BCUT2D eigenvalue weighted by Gasteiger charge is -2.62. The third-order valence-corrected chi connectivity index (χ3v) is 7.24. The number of hydrogen-bond acceptors (Lipinski definition) is 2. The van der Waals surface area contributed by atoms with E-state index < -0.39 is 0 Å². The van der Waals surface area contributed by atoms with Crippen molar-refractivity contribution in [1.29, 1.82) is 0 Å². The summed E-state index contributed by atoms with van der Waals surface area (Å²) in [6.07, 6.45) is 8.12. The summed E-state index contributed by atoms with van der Waals surface area (Å²) in [6.45, 7) is 4.63. The average Bonchev–Trinajstić information content (AvgIpc) is 2.47. The Hall–Kier alpha value is -0.570. The molecule has 5 rings (SSSR count). The van der Waals surface area contributed by atoms with E-state index in [9.17, 15) is 5.11 Å². The van der Waals surface area contributed by atoms with Crippen molar-refractivity contribution in [3.63, 3.8) is 0 Å². The molecule has 2 nitrogen and oxygen atoms in total. The maximum absolute atomic E-state index is 11.0. The molecule has 0 unspecified atom stereocenters. The van der Waals surface area contributed by atoms with Gasteiger partial charge in [-0.3, -0.25) is 0 Å². The summed E-state index contributed by atoms with van der Waals surface area (Å²) in [5.41, 5.74) is 1.28. The molecule has 4 bridgehead atoms. The average molecular weight is 348 g/mol. The van der Waals surface area contributed by atoms with E-state index in [2.05, 4.69) is 31.3 Å². The molecule has 0 saturated heterocycles. The molecule has 4 aliphatic carbocycles. The molecule has 0 spiro atoms. The van der Waals surface area contributed by atoms with E-state index in [1.165, 1.54) is 24.8 Å². The van der Waals surface area contributed by atoms with Crippen molar-refractivity contribution >= 4 is 11.6 Å². The molecule has 4 fully saturated rings. The van der Waals surface area contributed by atoms with Gasteiger partial charge in [0.1, 0.15) is 0 Å². The van der Waals surface area contributed by atoms with Gasteiger partial charge in [-0.1, -0.05) is 23.7 Å². The van der Waals surface area contributed by atoms with Crippen LogP contribution in [-0.2, 0) is 6.42 Å². The van der Waals surface area contributed by atoms with Crippen LogP contribution in [0.25, 0.3) is 0 Å². The molecule has 132 valence electrons. The van der Waals surface area contributed by atoms with E-state index in [-0.39, 0.29) is 5.60 Å². The van der Waals surface area contributed by atoms with E-state index in [0.717, 1.165) is 42.5 Å². The Labute approximate surface area is 151 Å². The molecular formula is C21H30ClNO. The first-order valence-corrected chi connectivity index (χ1v) is 9.97.